The summed E-state index contributed by atoms with van der Waals surface area (Å²) in [5.41, 5.74) is 10.6. The van der Waals surface area contributed by atoms with Gasteiger partial charge in [0.1, 0.15) is 0 Å². The zero-order valence-electron chi connectivity index (χ0n) is 29.6. The molecule has 52 heavy (non-hydrogen) atoms. The Balaban J connectivity index is 1.34. The summed E-state index contributed by atoms with van der Waals surface area (Å²) in [6.45, 7) is 4.59. The van der Waals surface area contributed by atoms with E-state index in [4.69, 9.17) is 0 Å². The molecule has 7 aromatic rings. The van der Waals surface area contributed by atoms with Crippen LogP contribution in [0.5, 0.6) is 0 Å². The quantitative estimate of drug-likeness (QED) is 0.138. The van der Waals surface area contributed by atoms with Crippen LogP contribution in [0.15, 0.2) is 200 Å². The summed E-state index contributed by atoms with van der Waals surface area (Å²) in [7, 11) is -1.54. The van der Waals surface area contributed by atoms with Crippen LogP contribution in [0.1, 0.15) is 42.5 Å². The van der Waals surface area contributed by atoms with Crippen molar-refractivity contribution in [2.75, 3.05) is 0 Å². The van der Waals surface area contributed by atoms with Crippen LogP contribution in [0, 0.1) is 0 Å². The van der Waals surface area contributed by atoms with Crippen molar-refractivity contribution < 1.29 is 0 Å². The van der Waals surface area contributed by atoms with Crippen LogP contribution in [0.4, 0.5) is 0 Å². The molecule has 0 atom stereocenters. The van der Waals surface area contributed by atoms with E-state index >= 15 is 0 Å². The number of hydrogen-bond donors (Lipinski definition) is 0. The fourth-order valence-corrected chi connectivity index (χ4v) is 13.2. The van der Waals surface area contributed by atoms with Gasteiger partial charge < -0.3 is 0 Å². The van der Waals surface area contributed by atoms with Gasteiger partial charge in [-0.25, -0.2) is 0 Å². The van der Waals surface area contributed by atoms with Gasteiger partial charge in [-0.3, -0.25) is 0 Å². The third-order valence-corrected chi connectivity index (χ3v) is 15.6. The van der Waals surface area contributed by atoms with Crippen molar-refractivity contribution in [3.8, 4) is 11.1 Å². The molecule has 0 aliphatic heterocycles. The molecule has 250 valence electrons. The standard InChI is InChI=1S/C50H40P2/c1-3-4-28-46-36(2)43-27-17-18-29-47(43)50(46)48-34-41(51(37-19-9-5-10-20-37)38-21-11-6-12-22-38)30-32-44(48)45-33-31-42(35-49(45)50)52(39-23-13-7-14-24-39)40-25-15-8-16-26-40/h4-35H,3H2,1-2H3. The van der Waals surface area contributed by atoms with Crippen LogP contribution in [-0.2, 0) is 5.41 Å². The Morgan fingerprint density at radius 1 is 0.423 bits per heavy atom. The molecular weight excluding hydrogens is 662 g/mol. The fraction of sp³-hybridized carbons (Fsp3) is 0.0800. The highest BCUT2D eigenvalue weighted by Crippen LogP contribution is 2.62. The Morgan fingerprint density at radius 2 is 0.827 bits per heavy atom. The second-order valence-electron chi connectivity index (χ2n) is 13.6. The normalized spacial score (nSPS) is 14.0. The molecule has 0 N–H and O–H groups in total. The molecule has 1 spiro atoms. The van der Waals surface area contributed by atoms with Crippen molar-refractivity contribution in [2.45, 2.75) is 25.7 Å². The summed E-state index contributed by atoms with van der Waals surface area (Å²) < 4.78 is 0. The molecule has 2 heteroatoms. The van der Waals surface area contributed by atoms with Gasteiger partial charge in [-0.15, -0.1) is 0 Å². The highest BCUT2D eigenvalue weighted by Gasteiger charge is 2.52. The Morgan fingerprint density at radius 3 is 1.25 bits per heavy atom. The van der Waals surface area contributed by atoms with E-state index < -0.39 is 21.3 Å². The molecule has 0 unspecified atom stereocenters. The molecule has 7 aromatic carbocycles. The maximum atomic E-state index is 2.59. The SMILES string of the molecule is CCC=CC1=C(C)c2ccccc2C12c1cc(P(c3ccccc3)c3ccccc3)ccc1-c1ccc(P(c3ccccc3)c3ccccc3)cc12. The smallest absolute Gasteiger partial charge is 0.0722 e. The Labute approximate surface area is 310 Å². The molecule has 0 aromatic heterocycles. The number of hydrogen-bond acceptors (Lipinski definition) is 0. The van der Waals surface area contributed by atoms with E-state index in [1.54, 1.807) is 0 Å². The van der Waals surface area contributed by atoms with Crippen LogP contribution in [0.3, 0.4) is 0 Å². The average molecular weight is 703 g/mol. The van der Waals surface area contributed by atoms with E-state index in [2.05, 4.69) is 208 Å². The molecule has 0 bridgehead atoms. The fourth-order valence-electron chi connectivity index (χ4n) is 8.56. The molecule has 0 saturated heterocycles. The lowest BCUT2D eigenvalue weighted by Crippen LogP contribution is -2.30. The third-order valence-electron chi connectivity index (χ3n) is 10.7. The molecule has 0 saturated carbocycles. The molecule has 2 aliphatic rings. The predicted molar refractivity (Wildman–Crippen MR) is 228 cm³/mol. The van der Waals surface area contributed by atoms with E-state index in [1.165, 1.54) is 76.4 Å². The van der Waals surface area contributed by atoms with Crippen LogP contribution in [0.2, 0.25) is 0 Å². The van der Waals surface area contributed by atoms with Gasteiger partial charge in [0.25, 0.3) is 0 Å². The van der Waals surface area contributed by atoms with Gasteiger partial charge in [-0.2, -0.15) is 0 Å². The number of rotatable bonds is 8. The Bertz CT molecular complexity index is 2230. The van der Waals surface area contributed by atoms with Crippen molar-refractivity contribution >= 4 is 53.2 Å². The van der Waals surface area contributed by atoms with Crippen molar-refractivity contribution in [3.63, 3.8) is 0 Å². The third kappa shape index (κ3) is 5.28. The van der Waals surface area contributed by atoms with E-state index in [0.717, 1.165) is 6.42 Å². The molecule has 0 amide bonds. The van der Waals surface area contributed by atoms with E-state index in [0.29, 0.717) is 0 Å². The van der Waals surface area contributed by atoms with Gasteiger partial charge in [0.05, 0.1) is 5.41 Å². The monoisotopic (exact) mass is 702 g/mol. The lowest BCUT2D eigenvalue weighted by atomic mass is 9.69. The number of benzene rings is 7. The first kappa shape index (κ1) is 32.8. The van der Waals surface area contributed by atoms with Crippen LogP contribution in [0.25, 0.3) is 16.7 Å². The largest absolute Gasteiger partial charge is 0.0845 e. The van der Waals surface area contributed by atoms with Gasteiger partial charge in [0, 0.05) is 0 Å². The second-order valence-corrected chi connectivity index (χ2v) is 18.1. The van der Waals surface area contributed by atoms with Crippen LogP contribution < -0.4 is 31.8 Å². The van der Waals surface area contributed by atoms with Crippen molar-refractivity contribution in [1.82, 2.24) is 0 Å². The lowest BCUT2D eigenvalue weighted by molar-refractivity contribution is 0.786. The van der Waals surface area contributed by atoms with E-state index in [-0.39, 0.29) is 0 Å². The summed E-state index contributed by atoms with van der Waals surface area (Å²) in [6.07, 6.45) is 5.80. The maximum Gasteiger partial charge on any atom is 0.0722 e. The molecule has 2 aliphatic carbocycles. The Hall–Kier alpha value is -5.12. The summed E-state index contributed by atoms with van der Waals surface area (Å²) >= 11 is 0. The van der Waals surface area contributed by atoms with Gasteiger partial charge in [-0.1, -0.05) is 189 Å². The number of fused-ring (bicyclic) bond motifs is 7. The summed E-state index contributed by atoms with van der Waals surface area (Å²) in [5, 5.41) is 8.26. The van der Waals surface area contributed by atoms with Gasteiger partial charge >= 0.3 is 0 Å². The first-order chi connectivity index (χ1) is 25.7. The summed E-state index contributed by atoms with van der Waals surface area (Å²) in [5.74, 6) is 0. The summed E-state index contributed by atoms with van der Waals surface area (Å²) in [6, 6.07) is 68.5. The van der Waals surface area contributed by atoms with Gasteiger partial charge in [-0.05, 0) is 118 Å². The van der Waals surface area contributed by atoms with Gasteiger partial charge in [0.15, 0.2) is 0 Å². The van der Waals surface area contributed by atoms with Crippen molar-refractivity contribution in [2.24, 2.45) is 0 Å². The average Bonchev–Trinajstić information content (AvgIpc) is 3.63. The first-order valence-electron chi connectivity index (χ1n) is 18.3. The molecule has 0 nitrogen and oxygen atoms in total. The highest BCUT2D eigenvalue weighted by atomic mass is 31.1. The van der Waals surface area contributed by atoms with Crippen molar-refractivity contribution in [1.29, 1.82) is 0 Å². The molecule has 9 rings (SSSR count). The lowest BCUT2D eigenvalue weighted by Gasteiger charge is -2.33. The maximum absolute atomic E-state index is 2.59. The van der Waals surface area contributed by atoms with E-state index in [9.17, 15) is 0 Å². The van der Waals surface area contributed by atoms with Gasteiger partial charge in [0.2, 0.25) is 0 Å². The molecule has 0 heterocycles. The second kappa shape index (κ2) is 13.8. The zero-order valence-corrected chi connectivity index (χ0v) is 31.4. The first-order valence-corrected chi connectivity index (χ1v) is 21.0. The van der Waals surface area contributed by atoms with Crippen LogP contribution >= 0.6 is 15.8 Å². The number of allylic oxidation sites excluding steroid dienone is 4. The minimum absolute atomic E-state index is 0.425. The van der Waals surface area contributed by atoms with Crippen LogP contribution in [-0.4, -0.2) is 0 Å². The molecule has 0 fully saturated rings. The van der Waals surface area contributed by atoms with Crippen molar-refractivity contribution in [3.05, 3.63) is 222 Å². The minimum Gasteiger partial charge on any atom is -0.0845 e. The molecular formula is C50H40P2. The summed E-state index contributed by atoms with van der Waals surface area (Å²) in [4.78, 5) is 0. The highest BCUT2D eigenvalue weighted by molar-refractivity contribution is 7.80. The van der Waals surface area contributed by atoms with E-state index in [1.807, 2.05) is 0 Å². The topological polar surface area (TPSA) is 0 Å². The Kier molecular flexibility index (Phi) is 8.69. The predicted octanol–water partition coefficient (Wildman–Crippen LogP) is 10.3. The zero-order chi connectivity index (χ0) is 35.1. The minimum atomic E-state index is -0.771. The molecule has 0 radical (unpaired) electrons.